The maximum atomic E-state index is 10.2. The summed E-state index contributed by atoms with van der Waals surface area (Å²) in [6.45, 7) is 2.37. The van der Waals surface area contributed by atoms with Crippen molar-refractivity contribution in [3.05, 3.63) is 52.5 Å². The fourth-order valence-corrected chi connectivity index (χ4v) is 3.77. The van der Waals surface area contributed by atoms with E-state index in [1.807, 2.05) is 31.2 Å². The monoisotopic (exact) mass is 413 g/mol. The Balaban J connectivity index is 2.06. The number of methoxy groups -OCH3 is 1. The quantitative estimate of drug-likeness (QED) is 0.568. The van der Waals surface area contributed by atoms with Crippen LogP contribution in [0.25, 0.3) is 11.1 Å². The maximum absolute atomic E-state index is 10.2. The van der Waals surface area contributed by atoms with E-state index >= 15 is 0 Å². The molecule has 3 N–H and O–H groups in total. The smallest absolute Gasteiger partial charge is 0.282 e. The number of nitriles is 1. The molecule has 0 saturated heterocycles. The Bertz CT molecular complexity index is 955. The third-order valence-corrected chi connectivity index (χ3v) is 5.33. The molecule has 1 heterocycles. The molecule has 0 fully saturated rings. The van der Waals surface area contributed by atoms with Gasteiger partial charge >= 0.3 is 0 Å². The van der Waals surface area contributed by atoms with Crippen LogP contribution in [-0.4, -0.2) is 30.9 Å². The highest BCUT2D eigenvalue weighted by Crippen LogP contribution is 2.42. The van der Waals surface area contributed by atoms with E-state index in [-0.39, 0.29) is 18.0 Å². The van der Waals surface area contributed by atoms with Gasteiger partial charge in [-0.05, 0) is 54.3 Å². The number of hydrogen-bond acceptors (Lipinski definition) is 5. The number of aliphatic imine (C=N–C) groups is 1. The van der Waals surface area contributed by atoms with Gasteiger partial charge in [-0.3, -0.25) is 0 Å². The van der Waals surface area contributed by atoms with Crippen LogP contribution in [0.1, 0.15) is 36.9 Å². The summed E-state index contributed by atoms with van der Waals surface area (Å²) >= 11 is 6.18. The molecular formula is C22H24ClN3O3. The lowest BCUT2D eigenvalue weighted by Crippen LogP contribution is -2.30. The van der Waals surface area contributed by atoms with E-state index in [1.54, 1.807) is 12.1 Å². The largest absolute Gasteiger partial charge is 0.493 e. The highest BCUT2D eigenvalue weighted by molar-refractivity contribution is 6.31. The zero-order valence-electron chi connectivity index (χ0n) is 16.4. The van der Waals surface area contributed by atoms with Crippen molar-refractivity contribution in [2.75, 3.05) is 13.7 Å². The van der Waals surface area contributed by atoms with Gasteiger partial charge in [-0.2, -0.15) is 5.26 Å². The molecular weight excluding hydrogens is 390 g/mol. The van der Waals surface area contributed by atoms with E-state index < -0.39 is 6.10 Å². The summed E-state index contributed by atoms with van der Waals surface area (Å²) in [5.41, 5.74) is 8.93. The molecule has 2 aromatic carbocycles. The number of nitrogens with two attached hydrogens (primary N) is 1. The van der Waals surface area contributed by atoms with Gasteiger partial charge in [0.05, 0.1) is 37.5 Å². The second-order valence-electron chi connectivity index (χ2n) is 7.08. The van der Waals surface area contributed by atoms with Gasteiger partial charge in [-0.15, -0.1) is 0 Å². The van der Waals surface area contributed by atoms with Gasteiger partial charge in [-0.1, -0.05) is 24.6 Å². The summed E-state index contributed by atoms with van der Waals surface area (Å²) < 4.78 is 11.0. The number of rotatable bonds is 5. The number of benzene rings is 2. The molecule has 7 heteroatoms. The summed E-state index contributed by atoms with van der Waals surface area (Å²) in [5, 5.41) is 19.9. The van der Waals surface area contributed by atoms with Gasteiger partial charge in [0.25, 0.3) is 6.02 Å². The fourth-order valence-electron chi connectivity index (χ4n) is 3.53. The number of aliphatic hydroxyl groups is 1. The summed E-state index contributed by atoms with van der Waals surface area (Å²) in [6.07, 6.45) is 0.751. The number of amidine groups is 1. The number of fused-ring (bicyclic) bond motifs is 1. The van der Waals surface area contributed by atoms with Crippen LogP contribution in [0.4, 0.5) is 0 Å². The van der Waals surface area contributed by atoms with Crippen molar-refractivity contribution in [1.29, 1.82) is 5.26 Å². The lowest BCUT2D eigenvalue weighted by atomic mass is 9.85. The lowest BCUT2D eigenvalue weighted by Gasteiger charge is -2.32. The highest BCUT2D eigenvalue weighted by atomic mass is 35.5. The molecule has 3 rings (SSSR count). The summed E-state index contributed by atoms with van der Waals surface area (Å²) in [4.78, 5) is 4.55. The minimum Gasteiger partial charge on any atom is -0.493 e. The summed E-state index contributed by atoms with van der Waals surface area (Å²) in [7, 11) is 1.47. The van der Waals surface area contributed by atoms with Crippen LogP contribution in [-0.2, 0) is 4.74 Å². The van der Waals surface area contributed by atoms with Crippen molar-refractivity contribution in [3.63, 3.8) is 0 Å². The first kappa shape index (κ1) is 21.0. The van der Waals surface area contributed by atoms with Crippen LogP contribution in [0.2, 0.25) is 5.02 Å². The van der Waals surface area contributed by atoms with Crippen molar-refractivity contribution in [3.8, 4) is 22.9 Å². The van der Waals surface area contributed by atoms with E-state index in [4.69, 9.17) is 26.8 Å². The standard InChI is InChI=1S/C22H24ClN3O3/c1-3-18(27)9-16-12-29-20-5-4-14(10-19(20)21(16)26-22(25)28-2)15-6-13(11-24)7-17(23)8-15/h4-8,10,16,18,21,27H,3,9,12H2,1-2H3,(H2,25,26). The topological polar surface area (TPSA) is 101 Å². The molecule has 0 aromatic heterocycles. The summed E-state index contributed by atoms with van der Waals surface area (Å²) in [6, 6.07) is 12.9. The number of aliphatic hydroxyl groups excluding tert-OH is 1. The van der Waals surface area contributed by atoms with E-state index in [0.717, 1.165) is 22.4 Å². The molecule has 0 amide bonds. The zero-order valence-corrected chi connectivity index (χ0v) is 17.2. The van der Waals surface area contributed by atoms with Crippen LogP contribution in [0, 0.1) is 17.2 Å². The SMILES string of the molecule is CCC(O)CC1COc2ccc(-c3cc(Cl)cc(C#N)c3)cc2C1N=C(N)OC. The molecule has 3 unspecified atom stereocenters. The predicted molar refractivity (Wildman–Crippen MR) is 113 cm³/mol. The van der Waals surface area contributed by atoms with Crippen molar-refractivity contribution in [2.45, 2.75) is 31.9 Å². The average Bonchev–Trinajstić information content (AvgIpc) is 2.74. The fraction of sp³-hybridized carbons (Fsp3) is 0.364. The Morgan fingerprint density at radius 3 is 2.86 bits per heavy atom. The lowest BCUT2D eigenvalue weighted by molar-refractivity contribution is 0.0981. The first-order chi connectivity index (χ1) is 13.9. The van der Waals surface area contributed by atoms with Crippen LogP contribution >= 0.6 is 11.6 Å². The molecule has 0 bridgehead atoms. The van der Waals surface area contributed by atoms with Crippen molar-refractivity contribution in [1.82, 2.24) is 0 Å². The second kappa shape index (κ2) is 9.17. The highest BCUT2D eigenvalue weighted by Gasteiger charge is 2.33. The molecule has 1 aliphatic heterocycles. The van der Waals surface area contributed by atoms with Crippen LogP contribution < -0.4 is 10.5 Å². The number of nitrogens with zero attached hydrogens (tertiary/aromatic N) is 2. The molecule has 29 heavy (non-hydrogen) atoms. The molecule has 152 valence electrons. The third-order valence-electron chi connectivity index (χ3n) is 5.11. The van der Waals surface area contributed by atoms with E-state index in [9.17, 15) is 10.4 Å². The maximum Gasteiger partial charge on any atom is 0.282 e. The van der Waals surface area contributed by atoms with Crippen molar-refractivity contribution in [2.24, 2.45) is 16.6 Å². The predicted octanol–water partition coefficient (Wildman–Crippen LogP) is 4.05. The van der Waals surface area contributed by atoms with Gasteiger partial charge in [0, 0.05) is 16.5 Å². The van der Waals surface area contributed by atoms with Gasteiger partial charge in [0.2, 0.25) is 0 Å². The molecule has 2 aromatic rings. The first-order valence-corrected chi connectivity index (χ1v) is 9.86. The zero-order chi connectivity index (χ0) is 21.0. The van der Waals surface area contributed by atoms with Gasteiger partial charge in [0.15, 0.2) is 0 Å². The van der Waals surface area contributed by atoms with E-state index in [1.165, 1.54) is 7.11 Å². The van der Waals surface area contributed by atoms with Crippen LogP contribution in [0.5, 0.6) is 5.75 Å². The van der Waals surface area contributed by atoms with Crippen molar-refractivity contribution >= 4 is 17.6 Å². The average molecular weight is 414 g/mol. The Morgan fingerprint density at radius 2 is 2.17 bits per heavy atom. The van der Waals surface area contributed by atoms with Crippen LogP contribution in [0.3, 0.4) is 0 Å². The second-order valence-corrected chi connectivity index (χ2v) is 7.51. The molecule has 3 atom stereocenters. The number of ether oxygens (including phenoxy) is 2. The molecule has 0 saturated carbocycles. The van der Waals surface area contributed by atoms with Crippen LogP contribution in [0.15, 0.2) is 41.4 Å². The van der Waals surface area contributed by atoms with Gasteiger partial charge < -0.3 is 20.3 Å². The Morgan fingerprint density at radius 1 is 1.38 bits per heavy atom. The Labute approximate surface area is 175 Å². The minimum atomic E-state index is -0.444. The normalized spacial score (nSPS) is 19.6. The molecule has 6 nitrogen and oxygen atoms in total. The summed E-state index contributed by atoms with van der Waals surface area (Å²) in [5.74, 6) is 0.673. The van der Waals surface area contributed by atoms with E-state index in [2.05, 4.69) is 11.1 Å². The molecule has 0 spiro atoms. The third kappa shape index (κ3) is 4.81. The Hall–Kier alpha value is -2.75. The Kier molecular flexibility index (Phi) is 6.63. The molecule has 0 radical (unpaired) electrons. The van der Waals surface area contributed by atoms with E-state index in [0.29, 0.717) is 30.0 Å². The number of halogens is 1. The van der Waals surface area contributed by atoms with Crippen molar-refractivity contribution < 1.29 is 14.6 Å². The van der Waals surface area contributed by atoms with Gasteiger partial charge in [-0.25, -0.2) is 4.99 Å². The first-order valence-electron chi connectivity index (χ1n) is 9.48. The molecule has 1 aliphatic rings. The minimum absolute atomic E-state index is 0.0459. The van der Waals surface area contributed by atoms with Gasteiger partial charge in [0.1, 0.15) is 5.75 Å². The number of hydrogen-bond donors (Lipinski definition) is 2. The molecule has 0 aliphatic carbocycles.